The summed E-state index contributed by atoms with van der Waals surface area (Å²) < 4.78 is 0. The molecule has 0 saturated carbocycles. The zero-order valence-electron chi connectivity index (χ0n) is 13.6. The number of hydrogen-bond acceptors (Lipinski definition) is 3. The number of benzene rings is 1. The summed E-state index contributed by atoms with van der Waals surface area (Å²) in [6.45, 7) is 7.20. The summed E-state index contributed by atoms with van der Waals surface area (Å²) in [5, 5.41) is 3.24. The summed E-state index contributed by atoms with van der Waals surface area (Å²) in [7, 11) is 0. The minimum atomic E-state index is -0.565. The van der Waals surface area contributed by atoms with E-state index in [1.54, 1.807) is 43.5 Å². The zero-order chi connectivity index (χ0) is 17.2. The van der Waals surface area contributed by atoms with Crippen LogP contribution >= 0.6 is 11.6 Å². The van der Waals surface area contributed by atoms with Crippen LogP contribution in [0.4, 0.5) is 5.69 Å². The summed E-state index contributed by atoms with van der Waals surface area (Å²) >= 11 is 6.03. The van der Waals surface area contributed by atoms with Gasteiger partial charge in [-0.3, -0.25) is 14.6 Å². The highest BCUT2D eigenvalue weighted by molar-refractivity contribution is 6.31. The van der Waals surface area contributed by atoms with E-state index in [9.17, 15) is 9.59 Å². The van der Waals surface area contributed by atoms with Crippen molar-refractivity contribution in [3.05, 3.63) is 58.4 Å². The first-order chi connectivity index (χ1) is 10.7. The van der Waals surface area contributed by atoms with Crippen LogP contribution in [-0.4, -0.2) is 16.7 Å². The lowest BCUT2D eigenvalue weighted by Gasteiger charge is -2.19. The van der Waals surface area contributed by atoms with Gasteiger partial charge in [-0.1, -0.05) is 32.4 Å². The molecule has 0 radical (unpaired) electrons. The molecule has 0 bridgehead atoms. The summed E-state index contributed by atoms with van der Waals surface area (Å²) in [4.78, 5) is 29.2. The maximum Gasteiger partial charge on any atom is 0.229 e. The number of rotatable bonds is 3. The Kier molecular flexibility index (Phi) is 4.85. The Morgan fingerprint density at radius 3 is 2.43 bits per heavy atom. The number of anilines is 1. The van der Waals surface area contributed by atoms with Gasteiger partial charge in [-0.25, -0.2) is 0 Å². The standard InChI is InChI=1S/C18H19ClN2O2/c1-11-13(6-5-9-20-11)16(22)14-10-12(19)7-8-15(14)21-17(23)18(2,3)4/h5-10H,1-4H3,(H,21,23). The lowest BCUT2D eigenvalue weighted by atomic mass is 9.94. The number of aryl methyl sites for hydroxylation is 1. The number of aromatic nitrogens is 1. The summed E-state index contributed by atoms with van der Waals surface area (Å²) in [6, 6.07) is 8.27. The molecule has 5 heteroatoms. The van der Waals surface area contributed by atoms with Crippen molar-refractivity contribution in [1.82, 2.24) is 4.98 Å². The van der Waals surface area contributed by atoms with Crippen molar-refractivity contribution >= 4 is 29.0 Å². The smallest absolute Gasteiger partial charge is 0.229 e. The SMILES string of the molecule is Cc1ncccc1C(=O)c1cc(Cl)ccc1NC(=O)C(C)(C)C. The fourth-order valence-corrected chi connectivity index (χ4v) is 2.16. The van der Waals surface area contributed by atoms with Crippen LogP contribution in [0.25, 0.3) is 0 Å². The maximum absolute atomic E-state index is 12.8. The monoisotopic (exact) mass is 330 g/mol. The molecule has 1 aromatic heterocycles. The molecule has 23 heavy (non-hydrogen) atoms. The first-order valence-corrected chi connectivity index (χ1v) is 7.65. The van der Waals surface area contributed by atoms with Gasteiger partial charge >= 0.3 is 0 Å². The van der Waals surface area contributed by atoms with Crippen LogP contribution in [-0.2, 0) is 4.79 Å². The number of amides is 1. The van der Waals surface area contributed by atoms with Crippen LogP contribution in [0.2, 0.25) is 5.02 Å². The van der Waals surface area contributed by atoms with Crippen LogP contribution in [0, 0.1) is 12.3 Å². The largest absolute Gasteiger partial charge is 0.325 e. The fourth-order valence-electron chi connectivity index (χ4n) is 1.99. The van der Waals surface area contributed by atoms with Gasteiger partial charge in [0, 0.05) is 33.5 Å². The molecule has 2 rings (SSSR count). The van der Waals surface area contributed by atoms with Gasteiger partial charge in [-0.05, 0) is 37.3 Å². The maximum atomic E-state index is 12.8. The molecular formula is C18H19ClN2O2. The van der Waals surface area contributed by atoms with Gasteiger partial charge < -0.3 is 5.32 Å². The molecule has 0 spiro atoms. The number of nitrogens with zero attached hydrogens (tertiary/aromatic N) is 1. The lowest BCUT2D eigenvalue weighted by Crippen LogP contribution is -2.28. The second-order valence-corrected chi connectivity index (χ2v) is 6.80. The van der Waals surface area contributed by atoms with Gasteiger partial charge in [0.1, 0.15) is 0 Å². The van der Waals surface area contributed by atoms with Crippen LogP contribution in [0.3, 0.4) is 0 Å². The van der Waals surface area contributed by atoms with E-state index in [0.29, 0.717) is 27.5 Å². The Labute approximate surface area is 140 Å². The van der Waals surface area contributed by atoms with E-state index in [-0.39, 0.29) is 11.7 Å². The average Bonchev–Trinajstić information content (AvgIpc) is 2.48. The first kappa shape index (κ1) is 17.2. The second-order valence-electron chi connectivity index (χ2n) is 6.36. The average molecular weight is 331 g/mol. The molecule has 0 aliphatic rings. The van der Waals surface area contributed by atoms with Gasteiger partial charge in [0.25, 0.3) is 0 Å². The van der Waals surface area contributed by atoms with E-state index in [1.807, 2.05) is 20.8 Å². The molecule has 0 unspecified atom stereocenters. The molecule has 0 aliphatic heterocycles. The molecule has 120 valence electrons. The van der Waals surface area contributed by atoms with Gasteiger partial charge in [0.05, 0.1) is 5.69 Å². The highest BCUT2D eigenvalue weighted by Crippen LogP contribution is 2.26. The summed E-state index contributed by atoms with van der Waals surface area (Å²) in [6.07, 6.45) is 1.63. The first-order valence-electron chi connectivity index (χ1n) is 7.27. The Balaban J connectivity index is 2.46. The molecule has 1 aromatic carbocycles. The Hall–Kier alpha value is -2.20. The fraction of sp³-hybridized carbons (Fsp3) is 0.278. The molecule has 1 amide bonds. The number of carbonyl (C=O) groups excluding carboxylic acids is 2. The van der Waals surface area contributed by atoms with Crippen molar-refractivity contribution < 1.29 is 9.59 Å². The third-order valence-corrected chi connectivity index (χ3v) is 3.64. The molecule has 0 saturated heterocycles. The van der Waals surface area contributed by atoms with E-state index < -0.39 is 5.41 Å². The molecule has 2 aromatic rings. The van der Waals surface area contributed by atoms with Gasteiger partial charge in [0.15, 0.2) is 5.78 Å². The quantitative estimate of drug-likeness (QED) is 0.855. The highest BCUT2D eigenvalue weighted by atomic mass is 35.5. The van der Waals surface area contributed by atoms with E-state index >= 15 is 0 Å². The van der Waals surface area contributed by atoms with Crippen LogP contribution in [0.5, 0.6) is 0 Å². The van der Waals surface area contributed by atoms with Gasteiger partial charge in [-0.2, -0.15) is 0 Å². The number of pyridine rings is 1. The topological polar surface area (TPSA) is 59.1 Å². The normalized spacial score (nSPS) is 11.2. The van der Waals surface area contributed by atoms with E-state index in [0.717, 1.165) is 0 Å². The van der Waals surface area contributed by atoms with E-state index in [2.05, 4.69) is 10.3 Å². The van der Waals surface area contributed by atoms with E-state index in [4.69, 9.17) is 11.6 Å². The van der Waals surface area contributed by atoms with Crippen molar-refractivity contribution in [3.63, 3.8) is 0 Å². The summed E-state index contributed by atoms with van der Waals surface area (Å²) in [5.74, 6) is -0.390. The molecule has 0 aliphatic carbocycles. The molecule has 0 fully saturated rings. The van der Waals surface area contributed by atoms with Crippen LogP contribution in [0.15, 0.2) is 36.5 Å². The number of ketones is 1. The molecule has 0 atom stereocenters. The van der Waals surface area contributed by atoms with Crippen molar-refractivity contribution in [2.24, 2.45) is 5.41 Å². The minimum Gasteiger partial charge on any atom is -0.325 e. The second kappa shape index (κ2) is 6.50. The zero-order valence-corrected chi connectivity index (χ0v) is 14.4. The van der Waals surface area contributed by atoms with Crippen LogP contribution < -0.4 is 5.32 Å². The predicted octanol–water partition coefficient (Wildman–Crippen LogP) is 4.26. The number of carbonyl (C=O) groups is 2. The molecule has 1 N–H and O–H groups in total. The Bertz CT molecular complexity index is 764. The predicted molar refractivity (Wildman–Crippen MR) is 91.9 cm³/mol. The minimum absolute atomic E-state index is 0.170. The molecule has 1 heterocycles. The third kappa shape index (κ3) is 3.96. The van der Waals surface area contributed by atoms with Crippen LogP contribution in [0.1, 0.15) is 42.4 Å². The lowest BCUT2D eigenvalue weighted by molar-refractivity contribution is -0.123. The number of nitrogens with one attached hydrogen (secondary N) is 1. The molecular weight excluding hydrogens is 312 g/mol. The Morgan fingerprint density at radius 1 is 1.13 bits per heavy atom. The third-order valence-electron chi connectivity index (χ3n) is 3.41. The highest BCUT2D eigenvalue weighted by Gasteiger charge is 2.24. The number of halogens is 1. The summed E-state index contributed by atoms with van der Waals surface area (Å²) in [5.41, 5.74) is 1.35. The van der Waals surface area contributed by atoms with Gasteiger partial charge in [0.2, 0.25) is 5.91 Å². The molecule has 4 nitrogen and oxygen atoms in total. The van der Waals surface area contributed by atoms with Crippen molar-refractivity contribution in [2.75, 3.05) is 5.32 Å². The van der Waals surface area contributed by atoms with Crippen molar-refractivity contribution in [2.45, 2.75) is 27.7 Å². The van der Waals surface area contributed by atoms with E-state index in [1.165, 1.54) is 0 Å². The Morgan fingerprint density at radius 2 is 1.83 bits per heavy atom. The van der Waals surface area contributed by atoms with Crippen molar-refractivity contribution in [3.8, 4) is 0 Å². The van der Waals surface area contributed by atoms with Gasteiger partial charge in [-0.15, -0.1) is 0 Å². The number of hydrogen-bond donors (Lipinski definition) is 1. The van der Waals surface area contributed by atoms with Crippen molar-refractivity contribution in [1.29, 1.82) is 0 Å².